The summed E-state index contributed by atoms with van der Waals surface area (Å²) in [7, 11) is 0. The van der Waals surface area contributed by atoms with E-state index in [1.165, 1.54) is 12.7 Å². The van der Waals surface area contributed by atoms with Crippen molar-refractivity contribution < 1.29 is 34.4 Å². The fourth-order valence-electron chi connectivity index (χ4n) is 3.65. The van der Waals surface area contributed by atoms with E-state index in [1.807, 2.05) is 0 Å². The number of rotatable bonds is 7. The van der Waals surface area contributed by atoms with Crippen LogP contribution in [0.15, 0.2) is 12.7 Å². The van der Waals surface area contributed by atoms with Gasteiger partial charge in [-0.25, -0.2) is 19.7 Å². The molecule has 3 heterocycles. The Hall–Kier alpha value is -3.07. The monoisotopic (exact) mass is 495 g/mol. The third-order valence-electron chi connectivity index (χ3n) is 5.36. The molecule has 1 aliphatic heterocycles. The van der Waals surface area contributed by atoms with E-state index in [0.29, 0.717) is 11.2 Å². The lowest BCUT2D eigenvalue weighted by atomic mass is 9.94. The first-order valence-corrected chi connectivity index (χ1v) is 11.2. The zero-order chi connectivity index (χ0) is 25.9. The maximum Gasteiger partial charge on any atom is 0.408 e. The molecule has 0 saturated carbocycles. The van der Waals surface area contributed by atoms with Crippen molar-refractivity contribution in [3.05, 3.63) is 12.7 Å². The predicted molar refractivity (Wildman–Crippen MR) is 123 cm³/mol. The fourth-order valence-corrected chi connectivity index (χ4v) is 3.65. The van der Waals surface area contributed by atoms with Gasteiger partial charge in [-0.15, -0.1) is 0 Å². The number of alkyl carbamates (subject to hydrolysis) is 1. The van der Waals surface area contributed by atoms with E-state index in [1.54, 1.807) is 34.6 Å². The molecule has 0 aliphatic carbocycles. The van der Waals surface area contributed by atoms with Gasteiger partial charge in [-0.3, -0.25) is 4.79 Å². The average Bonchev–Trinajstić information content (AvgIpc) is 3.25. The van der Waals surface area contributed by atoms with Crippen molar-refractivity contribution in [2.45, 2.75) is 76.8 Å². The van der Waals surface area contributed by atoms with Crippen LogP contribution in [0.25, 0.3) is 11.2 Å². The van der Waals surface area contributed by atoms with Crippen LogP contribution < -0.4 is 16.0 Å². The van der Waals surface area contributed by atoms with Crippen molar-refractivity contribution in [3.8, 4) is 0 Å². The summed E-state index contributed by atoms with van der Waals surface area (Å²) in [5, 5.41) is 39.4. The number of imidazole rings is 1. The SMILES string of the molecule is CC(C)[C@@H](NC(=O)OC(C)(C)C)C(=O)N[C@@H]1[C@@H](O)[C@H](O)[C@@H](Nc2ncnc3nc[nH]c23)O[C@H]1CO. The molecule has 0 spiro atoms. The van der Waals surface area contributed by atoms with Crippen LogP contribution in [0.2, 0.25) is 0 Å². The highest BCUT2D eigenvalue weighted by Gasteiger charge is 2.46. The van der Waals surface area contributed by atoms with E-state index in [9.17, 15) is 24.9 Å². The molecule has 0 aromatic carbocycles. The number of hydrogen-bond acceptors (Lipinski definition) is 11. The van der Waals surface area contributed by atoms with Gasteiger partial charge >= 0.3 is 6.09 Å². The van der Waals surface area contributed by atoms with Crippen LogP contribution in [0.1, 0.15) is 34.6 Å². The fraction of sp³-hybridized carbons (Fsp3) is 0.667. The number of ether oxygens (including phenoxy) is 2. The van der Waals surface area contributed by atoms with Gasteiger partial charge in [-0.05, 0) is 26.7 Å². The number of aliphatic hydroxyl groups is 3. The molecule has 2 aromatic heterocycles. The summed E-state index contributed by atoms with van der Waals surface area (Å²) >= 11 is 0. The number of hydrogen-bond donors (Lipinski definition) is 7. The van der Waals surface area contributed by atoms with E-state index < -0.39 is 60.8 Å². The Morgan fingerprint density at radius 2 is 1.91 bits per heavy atom. The number of nitrogens with one attached hydrogen (secondary N) is 4. The summed E-state index contributed by atoms with van der Waals surface area (Å²) < 4.78 is 11.0. The van der Waals surface area contributed by atoms with Gasteiger partial charge in [0.1, 0.15) is 41.8 Å². The minimum Gasteiger partial charge on any atom is -0.444 e. The number of amides is 2. The lowest BCUT2D eigenvalue weighted by Crippen LogP contribution is -2.67. The molecular weight excluding hydrogens is 462 g/mol. The van der Waals surface area contributed by atoms with Crippen LogP contribution in [-0.2, 0) is 14.3 Å². The standard InChI is InChI=1S/C21H33N7O7/c1-9(2)11(27-20(33)35-21(3,4)5)18(32)26-12-10(6-29)34-19(15(31)14(12)30)28-17-13-16(23-7-22-13)24-8-25-17/h7-12,14-15,19,29-31H,6H2,1-5H3,(H,26,32)(H,27,33)(H2,22,23,24,25,28)/t10-,11+,12-,14+,15-,19-/m0/s1. The first kappa shape index (κ1) is 26.5. The van der Waals surface area contributed by atoms with Gasteiger partial charge in [-0.1, -0.05) is 13.8 Å². The minimum atomic E-state index is -1.52. The minimum absolute atomic E-state index is 0.268. The number of aromatic nitrogens is 4. The van der Waals surface area contributed by atoms with Crippen molar-refractivity contribution in [2.75, 3.05) is 11.9 Å². The Morgan fingerprint density at radius 1 is 1.20 bits per heavy atom. The normalized spacial score (nSPS) is 25.8. The highest BCUT2D eigenvalue weighted by molar-refractivity contribution is 5.86. The second-order valence-corrected chi connectivity index (χ2v) is 9.63. The molecule has 1 fully saturated rings. The summed E-state index contributed by atoms with van der Waals surface area (Å²) in [5.41, 5.74) is 0.0887. The summed E-state index contributed by atoms with van der Waals surface area (Å²) in [6.07, 6.45) is -3.35. The van der Waals surface area contributed by atoms with E-state index in [-0.39, 0.29) is 11.7 Å². The van der Waals surface area contributed by atoms with Gasteiger partial charge < -0.3 is 45.7 Å². The Bertz CT molecular complexity index is 1020. The molecule has 0 bridgehead atoms. The van der Waals surface area contributed by atoms with Crippen LogP contribution in [0.4, 0.5) is 10.6 Å². The number of carbonyl (C=O) groups excluding carboxylic acids is 2. The van der Waals surface area contributed by atoms with Crippen LogP contribution >= 0.6 is 0 Å². The second kappa shape index (κ2) is 10.7. The summed E-state index contributed by atoms with van der Waals surface area (Å²) in [5.74, 6) is -0.694. The Balaban J connectivity index is 1.71. The maximum atomic E-state index is 13.0. The predicted octanol–water partition coefficient (Wildman–Crippen LogP) is -0.762. The molecule has 0 radical (unpaired) electrons. The summed E-state index contributed by atoms with van der Waals surface area (Å²) in [6, 6.07) is -2.17. The van der Waals surface area contributed by atoms with E-state index in [0.717, 1.165) is 0 Å². The number of nitrogens with zero attached hydrogens (tertiary/aromatic N) is 3. The molecule has 14 heteroatoms. The summed E-state index contributed by atoms with van der Waals surface area (Å²) in [6.45, 7) is 7.98. The van der Waals surface area contributed by atoms with Crippen molar-refractivity contribution >= 4 is 29.0 Å². The zero-order valence-corrected chi connectivity index (χ0v) is 20.2. The van der Waals surface area contributed by atoms with Gasteiger partial charge in [-0.2, -0.15) is 0 Å². The molecule has 7 N–H and O–H groups in total. The Morgan fingerprint density at radius 3 is 2.54 bits per heavy atom. The average molecular weight is 496 g/mol. The maximum absolute atomic E-state index is 13.0. The lowest BCUT2D eigenvalue weighted by Gasteiger charge is -2.43. The number of carbonyl (C=O) groups is 2. The van der Waals surface area contributed by atoms with Gasteiger partial charge in [0.25, 0.3) is 0 Å². The Labute approximate surface area is 201 Å². The third-order valence-corrected chi connectivity index (χ3v) is 5.36. The molecular formula is C21H33N7O7. The Kier molecular flexibility index (Phi) is 8.10. The first-order valence-electron chi connectivity index (χ1n) is 11.2. The quantitative estimate of drug-likeness (QED) is 0.254. The third kappa shape index (κ3) is 6.33. The summed E-state index contributed by atoms with van der Waals surface area (Å²) in [4.78, 5) is 40.2. The van der Waals surface area contributed by atoms with Gasteiger partial charge in [0.2, 0.25) is 5.91 Å². The van der Waals surface area contributed by atoms with Crippen LogP contribution in [-0.4, -0.2) is 96.1 Å². The smallest absolute Gasteiger partial charge is 0.408 e. The molecule has 0 unspecified atom stereocenters. The zero-order valence-electron chi connectivity index (χ0n) is 20.2. The highest BCUT2D eigenvalue weighted by Crippen LogP contribution is 2.25. The molecule has 2 amide bonds. The van der Waals surface area contributed by atoms with Crippen molar-refractivity contribution in [1.29, 1.82) is 0 Å². The van der Waals surface area contributed by atoms with Crippen LogP contribution in [0.3, 0.4) is 0 Å². The number of aromatic amines is 1. The van der Waals surface area contributed by atoms with Gasteiger partial charge in [0.05, 0.1) is 19.0 Å². The van der Waals surface area contributed by atoms with E-state index >= 15 is 0 Å². The number of anilines is 1. The number of aliphatic hydroxyl groups excluding tert-OH is 3. The molecule has 1 aliphatic rings. The largest absolute Gasteiger partial charge is 0.444 e. The first-order chi connectivity index (χ1) is 16.4. The molecule has 3 rings (SSSR count). The van der Waals surface area contributed by atoms with Crippen molar-refractivity contribution in [3.63, 3.8) is 0 Å². The molecule has 35 heavy (non-hydrogen) atoms. The van der Waals surface area contributed by atoms with Gasteiger partial charge in [0, 0.05) is 0 Å². The number of H-pyrrole nitrogens is 1. The topological polar surface area (TPSA) is 204 Å². The molecule has 6 atom stereocenters. The molecule has 194 valence electrons. The highest BCUT2D eigenvalue weighted by atomic mass is 16.6. The van der Waals surface area contributed by atoms with E-state index in [2.05, 4.69) is 35.9 Å². The van der Waals surface area contributed by atoms with Crippen molar-refractivity contribution in [2.24, 2.45) is 5.92 Å². The second-order valence-electron chi connectivity index (χ2n) is 9.63. The van der Waals surface area contributed by atoms with Crippen LogP contribution in [0.5, 0.6) is 0 Å². The number of fused-ring (bicyclic) bond motifs is 1. The molecule has 1 saturated heterocycles. The van der Waals surface area contributed by atoms with Crippen molar-refractivity contribution in [1.82, 2.24) is 30.6 Å². The van der Waals surface area contributed by atoms with E-state index in [4.69, 9.17) is 9.47 Å². The molecule has 2 aromatic rings. The molecule has 14 nitrogen and oxygen atoms in total. The van der Waals surface area contributed by atoms with Crippen LogP contribution in [0, 0.1) is 5.92 Å². The lowest BCUT2D eigenvalue weighted by molar-refractivity contribution is -0.185. The van der Waals surface area contributed by atoms with Gasteiger partial charge in [0.15, 0.2) is 17.7 Å².